The van der Waals surface area contributed by atoms with Crippen molar-refractivity contribution in [2.45, 2.75) is 0 Å². The first-order valence-electron chi connectivity index (χ1n) is 4.68. The molecule has 0 unspecified atom stereocenters. The fourth-order valence-electron chi connectivity index (χ4n) is 1.04. The van der Waals surface area contributed by atoms with Gasteiger partial charge in [-0.3, -0.25) is 9.78 Å². The first-order chi connectivity index (χ1) is 7.75. The van der Waals surface area contributed by atoms with Crippen molar-refractivity contribution in [2.24, 2.45) is 0 Å². The second kappa shape index (κ2) is 6.75. The van der Waals surface area contributed by atoms with Gasteiger partial charge < -0.3 is 10.4 Å². The second-order valence-corrected chi connectivity index (χ2v) is 4.01. The number of aromatic nitrogens is 1. The van der Waals surface area contributed by atoms with Gasteiger partial charge in [-0.15, -0.1) is 18.2 Å². The van der Waals surface area contributed by atoms with Crippen LogP contribution in [-0.4, -0.2) is 34.0 Å². The third-order valence-electron chi connectivity index (χ3n) is 1.76. The molecule has 0 atom stereocenters. The molecule has 0 aliphatic rings. The Balaban J connectivity index is 2.36. The lowest BCUT2D eigenvalue weighted by molar-refractivity contribution is 0.0953. The van der Waals surface area contributed by atoms with E-state index in [1.165, 1.54) is 18.5 Å². The van der Waals surface area contributed by atoms with Crippen LogP contribution in [0, 0.1) is 12.3 Å². The minimum atomic E-state index is -0.304. The van der Waals surface area contributed by atoms with Crippen molar-refractivity contribution in [3.63, 3.8) is 0 Å². The summed E-state index contributed by atoms with van der Waals surface area (Å²) < 4.78 is 0. The van der Waals surface area contributed by atoms with Gasteiger partial charge in [-0.1, -0.05) is 5.92 Å². The fourth-order valence-corrected chi connectivity index (χ4v) is 1.55. The molecule has 16 heavy (non-hydrogen) atoms. The molecule has 0 bridgehead atoms. The number of carbonyl (C=O) groups is 1. The Morgan fingerprint density at radius 3 is 3.19 bits per heavy atom. The molecule has 4 nitrogen and oxygen atoms in total. The summed E-state index contributed by atoms with van der Waals surface area (Å²) in [4.78, 5) is 15.2. The molecule has 0 aliphatic carbocycles. The normalized spacial score (nSPS) is 9.44. The zero-order chi connectivity index (χ0) is 11.8. The Bertz CT molecular complexity index is 401. The van der Waals surface area contributed by atoms with Gasteiger partial charge in [-0.05, 0) is 6.07 Å². The van der Waals surface area contributed by atoms with Gasteiger partial charge in [0, 0.05) is 18.5 Å². The summed E-state index contributed by atoms with van der Waals surface area (Å²) in [7, 11) is 0. The maximum Gasteiger partial charge on any atom is 0.255 e. The van der Waals surface area contributed by atoms with Gasteiger partial charge >= 0.3 is 0 Å². The number of terminal acetylenes is 1. The van der Waals surface area contributed by atoms with Gasteiger partial charge in [0.05, 0.1) is 17.5 Å². The van der Waals surface area contributed by atoms with Crippen LogP contribution in [0.25, 0.3) is 0 Å². The molecule has 1 heterocycles. The quantitative estimate of drug-likeness (QED) is 0.588. The maximum atomic E-state index is 11.5. The molecule has 0 aliphatic heterocycles. The molecule has 5 heteroatoms. The molecule has 0 aromatic carbocycles. The minimum absolute atomic E-state index is 0.115. The molecule has 1 aromatic heterocycles. The lowest BCUT2D eigenvalue weighted by Gasteiger charge is -2.05. The number of nitrogens with one attached hydrogen (secondary N) is 1. The van der Waals surface area contributed by atoms with Crippen molar-refractivity contribution in [1.29, 1.82) is 0 Å². The van der Waals surface area contributed by atoms with Crippen LogP contribution in [0.15, 0.2) is 18.5 Å². The smallest absolute Gasteiger partial charge is 0.255 e. The first-order valence-corrected chi connectivity index (χ1v) is 5.83. The lowest BCUT2D eigenvalue weighted by Crippen LogP contribution is -2.25. The topological polar surface area (TPSA) is 62.2 Å². The van der Waals surface area contributed by atoms with E-state index in [2.05, 4.69) is 16.2 Å². The summed E-state index contributed by atoms with van der Waals surface area (Å²) in [5.74, 6) is 3.47. The highest BCUT2D eigenvalue weighted by atomic mass is 32.2. The van der Waals surface area contributed by atoms with Crippen LogP contribution in [0.3, 0.4) is 0 Å². The largest absolute Gasteiger partial charge is 0.505 e. The van der Waals surface area contributed by atoms with E-state index in [1.807, 2.05) is 0 Å². The molecular weight excluding hydrogens is 224 g/mol. The number of hydrogen-bond donors (Lipinski definition) is 2. The van der Waals surface area contributed by atoms with Crippen LogP contribution in [0.2, 0.25) is 0 Å². The first kappa shape index (κ1) is 12.4. The minimum Gasteiger partial charge on any atom is -0.505 e. The van der Waals surface area contributed by atoms with Crippen molar-refractivity contribution in [3.05, 3.63) is 24.0 Å². The summed E-state index contributed by atoms with van der Waals surface area (Å²) in [6.07, 6.45) is 7.78. The second-order valence-electron chi connectivity index (χ2n) is 2.91. The number of amides is 1. The van der Waals surface area contributed by atoms with Crippen LogP contribution >= 0.6 is 11.8 Å². The van der Waals surface area contributed by atoms with E-state index in [-0.39, 0.29) is 17.2 Å². The SMILES string of the molecule is C#CCSCCNC(=O)c1ccncc1O. The number of carbonyl (C=O) groups excluding carboxylic acids is 1. The summed E-state index contributed by atoms with van der Waals surface area (Å²) in [5, 5.41) is 12.0. The van der Waals surface area contributed by atoms with Crippen molar-refractivity contribution >= 4 is 17.7 Å². The average Bonchev–Trinajstić information content (AvgIpc) is 2.29. The molecule has 0 radical (unpaired) electrons. The average molecular weight is 236 g/mol. The van der Waals surface area contributed by atoms with Crippen molar-refractivity contribution in [1.82, 2.24) is 10.3 Å². The van der Waals surface area contributed by atoms with Gasteiger partial charge in [-0.25, -0.2) is 0 Å². The Hall–Kier alpha value is -1.67. The number of hydrogen-bond acceptors (Lipinski definition) is 4. The van der Waals surface area contributed by atoms with Crippen LogP contribution in [0.1, 0.15) is 10.4 Å². The third-order valence-corrected chi connectivity index (χ3v) is 2.63. The molecule has 0 saturated carbocycles. The van der Waals surface area contributed by atoms with E-state index in [4.69, 9.17) is 6.42 Å². The highest BCUT2D eigenvalue weighted by molar-refractivity contribution is 7.99. The molecule has 0 saturated heterocycles. The predicted octanol–water partition coefficient (Wildman–Crippen LogP) is 0.883. The Labute approximate surface area is 98.5 Å². The van der Waals surface area contributed by atoms with Crippen LogP contribution < -0.4 is 5.32 Å². The van der Waals surface area contributed by atoms with Crippen LogP contribution in [-0.2, 0) is 0 Å². The molecule has 1 amide bonds. The number of nitrogens with zero attached hydrogens (tertiary/aromatic N) is 1. The Morgan fingerprint density at radius 2 is 2.50 bits per heavy atom. The number of pyridine rings is 1. The lowest BCUT2D eigenvalue weighted by atomic mass is 10.2. The summed E-state index contributed by atoms with van der Waals surface area (Å²) in [6.45, 7) is 0.521. The van der Waals surface area contributed by atoms with E-state index >= 15 is 0 Å². The highest BCUT2D eigenvalue weighted by Crippen LogP contribution is 2.13. The van der Waals surface area contributed by atoms with E-state index in [9.17, 15) is 9.90 Å². The molecular formula is C11H12N2O2S. The van der Waals surface area contributed by atoms with Crippen molar-refractivity contribution in [3.8, 4) is 18.1 Å². The van der Waals surface area contributed by atoms with E-state index in [0.29, 0.717) is 12.3 Å². The van der Waals surface area contributed by atoms with E-state index < -0.39 is 0 Å². The Kier molecular flexibility index (Phi) is 5.23. The molecule has 1 rings (SSSR count). The monoisotopic (exact) mass is 236 g/mol. The number of rotatable bonds is 5. The van der Waals surface area contributed by atoms with Crippen molar-refractivity contribution in [2.75, 3.05) is 18.1 Å². The number of aromatic hydroxyl groups is 1. The standard InChI is InChI=1S/C11H12N2O2S/c1-2-6-16-7-5-13-11(15)9-3-4-12-8-10(9)14/h1,3-4,8,14H,5-7H2,(H,13,15). The van der Waals surface area contributed by atoms with Gasteiger partial charge in [0.15, 0.2) is 0 Å². The third kappa shape index (κ3) is 3.83. The zero-order valence-electron chi connectivity index (χ0n) is 8.64. The van der Waals surface area contributed by atoms with Crippen LogP contribution in [0.5, 0.6) is 5.75 Å². The summed E-state index contributed by atoms with van der Waals surface area (Å²) in [5.41, 5.74) is 0.233. The molecule has 1 aromatic rings. The molecule has 0 spiro atoms. The van der Waals surface area contributed by atoms with Gasteiger partial charge in [0.25, 0.3) is 5.91 Å². The number of thioether (sulfide) groups is 1. The predicted molar refractivity (Wildman–Crippen MR) is 64.4 cm³/mol. The van der Waals surface area contributed by atoms with Gasteiger partial charge in [0.2, 0.25) is 0 Å². The van der Waals surface area contributed by atoms with E-state index in [1.54, 1.807) is 11.8 Å². The Morgan fingerprint density at radius 1 is 1.69 bits per heavy atom. The van der Waals surface area contributed by atoms with Crippen molar-refractivity contribution < 1.29 is 9.90 Å². The molecule has 2 N–H and O–H groups in total. The fraction of sp³-hybridized carbons (Fsp3) is 0.273. The summed E-state index contributed by atoms with van der Waals surface area (Å²) in [6, 6.07) is 1.47. The molecule has 84 valence electrons. The summed E-state index contributed by atoms with van der Waals surface area (Å²) >= 11 is 1.57. The van der Waals surface area contributed by atoms with E-state index in [0.717, 1.165) is 5.75 Å². The highest BCUT2D eigenvalue weighted by Gasteiger charge is 2.09. The zero-order valence-corrected chi connectivity index (χ0v) is 9.46. The maximum absolute atomic E-state index is 11.5. The van der Waals surface area contributed by atoms with Gasteiger partial charge in [-0.2, -0.15) is 0 Å². The molecule has 0 fully saturated rings. The van der Waals surface area contributed by atoms with Crippen LogP contribution in [0.4, 0.5) is 0 Å². The van der Waals surface area contributed by atoms with Gasteiger partial charge in [0.1, 0.15) is 5.75 Å².